The second-order valence-electron chi connectivity index (χ2n) is 4.54. The molecule has 1 aliphatic heterocycles. The molecule has 0 aromatic carbocycles. The molecule has 1 aliphatic rings. The molecule has 0 aromatic rings. The quantitative estimate of drug-likeness (QED) is 0.751. The average molecular weight is 212 g/mol. The van der Waals surface area contributed by atoms with Gasteiger partial charge in [0.1, 0.15) is 0 Å². The van der Waals surface area contributed by atoms with Crippen molar-refractivity contribution in [2.24, 2.45) is 5.92 Å². The van der Waals surface area contributed by atoms with Gasteiger partial charge in [0, 0.05) is 26.1 Å². The van der Waals surface area contributed by atoms with Crippen LogP contribution in [0.2, 0.25) is 0 Å². The van der Waals surface area contributed by atoms with Crippen LogP contribution >= 0.6 is 0 Å². The SMILES string of the molecule is CCC(CC)CNC1CCN(C(C)=O)C1. The van der Waals surface area contributed by atoms with E-state index in [0.29, 0.717) is 6.04 Å². The van der Waals surface area contributed by atoms with Crippen molar-refractivity contribution in [1.82, 2.24) is 10.2 Å². The molecule has 0 radical (unpaired) electrons. The summed E-state index contributed by atoms with van der Waals surface area (Å²) < 4.78 is 0. The van der Waals surface area contributed by atoms with Gasteiger partial charge < -0.3 is 10.2 Å². The molecule has 1 fully saturated rings. The van der Waals surface area contributed by atoms with E-state index in [1.807, 2.05) is 4.90 Å². The Morgan fingerprint density at radius 3 is 2.60 bits per heavy atom. The van der Waals surface area contributed by atoms with E-state index in [0.717, 1.165) is 32.0 Å². The number of amides is 1. The molecule has 1 saturated heterocycles. The summed E-state index contributed by atoms with van der Waals surface area (Å²) in [7, 11) is 0. The van der Waals surface area contributed by atoms with E-state index >= 15 is 0 Å². The molecule has 0 bridgehead atoms. The summed E-state index contributed by atoms with van der Waals surface area (Å²) in [6.07, 6.45) is 3.60. The summed E-state index contributed by atoms with van der Waals surface area (Å²) >= 11 is 0. The number of carbonyl (C=O) groups excluding carboxylic acids is 1. The fourth-order valence-electron chi connectivity index (χ4n) is 2.12. The van der Waals surface area contributed by atoms with E-state index in [-0.39, 0.29) is 5.91 Å². The highest BCUT2D eigenvalue weighted by Crippen LogP contribution is 2.11. The highest BCUT2D eigenvalue weighted by Gasteiger charge is 2.23. The van der Waals surface area contributed by atoms with Crippen LogP contribution in [-0.2, 0) is 4.79 Å². The van der Waals surface area contributed by atoms with Crippen LogP contribution in [0.25, 0.3) is 0 Å². The first-order valence-corrected chi connectivity index (χ1v) is 6.16. The molecule has 15 heavy (non-hydrogen) atoms. The molecule has 3 nitrogen and oxygen atoms in total. The number of nitrogens with zero attached hydrogens (tertiary/aromatic N) is 1. The van der Waals surface area contributed by atoms with Gasteiger partial charge in [0.05, 0.1) is 0 Å². The largest absolute Gasteiger partial charge is 0.341 e. The van der Waals surface area contributed by atoms with Gasteiger partial charge in [-0.1, -0.05) is 26.7 Å². The number of rotatable bonds is 5. The second-order valence-corrected chi connectivity index (χ2v) is 4.54. The number of carbonyl (C=O) groups is 1. The first kappa shape index (κ1) is 12.5. The summed E-state index contributed by atoms with van der Waals surface area (Å²) in [6.45, 7) is 9.07. The monoisotopic (exact) mass is 212 g/mol. The maximum absolute atomic E-state index is 11.1. The molecule has 0 aliphatic carbocycles. The molecule has 1 heterocycles. The summed E-state index contributed by atoms with van der Waals surface area (Å²) in [4.78, 5) is 13.1. The Morgan fingerprint density at radius 2 is 2.13 bits per heavy atom. The molecule has 1 N–H and O–H groups in total. The molecular formula is C12H24N2O. The Balaban J connectivity index is 2.21. The van der Waals surface area contributed by atoms with Gasteiger partial charge in [-0.15, -0.1) is 0 Å². The predicted molar refractivity (Wildman–Crippen MR) is 62.7 cm³/mol. The van der Waals surface area contributed by atoms with Crippen molar-refractivity contribution >= 4 is 5.91 Å². The molecule has 0 saturated carbocycles. The topological polar surface area (TPSA) is 32.3 Å². The Bertz CT molecular complexity index is 202. The van der Waals surface area contributed by atoms with Gasteiger partial charge >= 0.3 is 0 Å². The number of likely N-dealkylation sites (tertiary alicyclic amines) is 1. The normalized spacial score (nSPS) is 21.3. The summed E-state index contributed by atoms with van der Waals surface area (Å²) in [5.74, 6) is 0.998. The number of hydrogen-bond donors (Lipinski definition) is 1. The first-order valence-electron chi connectivity index (χ1n) is 6.16. The smallest absolute Gasteiger partial charge is 0.219 e. The number of hydrogen-bond acceptors (Lipinski definition) is 2. The zero-order valence-electron chi connectivity index (χ0n) is 10.3. The maximum Gasteiger partial charge on any atom is 0.219 e. The highest BCUT2D eigenvalue weighted by atomic mass is 16.2. The molecule has 1 atom stereocenters. The first-order chi connectivity index (χ1) is 7.17. The van der Waals surface area contributed by atoms with Gasteiger partial charge in [-0.25, -0.2) is 0 Å². The van der Waals surface area contributed by atoms with Gasteiger partial charge in [-0.2, -0.15) is 0 Å². The molecule has 1 unspecified atom stereocenters. The van der Waals surface area contributed by atoms with Gasteiger partial charge in [-0.3, -0.25) is 4.79 Å². The number of nitrogens with one attached hydrogen (secondary N) is 1. The van der Waals surface area contributed by atoms with Gasteiger partial charge in [0.25, 0.3) is 0 Å². The van der Waals surface area contributed by atoms with E-state index in [4.69, 9.17) is 0 Å². The zero-order valence-corrected chi connectivity index (χ0v) is 10.3. The Morgan fingerprint density at radius 1 is 1.47 bits per heavy atom. The molecule has 0 spiro atoms. The van der Waals surface area contributed by atoms with Crippen LogP contribution in [-0.4, -0.2) is 36.5 Å². The van der Waals surface area contributed by atoms with Crippen molar-refractivity contribution in [3.63, 3.8) is 0 Å². The average Bonchev–Trinajstić information content (AvgIpc) is 2.68. The standard InChI is InChI=1S/C12H24N2O/c1-4-11(5-2)8-13-12-6-7-14(9-12)10(3)15/h11-13H,4-9H2,1-3H3. The van der Waals surface area contributed by atoms with Crippen molar-refractivity contribution < 1.29 is 4.79 Å². The minimum Gasteiger partial charge on any atom is -0.341 e. The van der Waals surface area contributed by atoms with Crippen molar-refractivity contribution in [3.05, 3.63) is 0 Å². The van der Waals surface area contributed by atoms with Crippen LogP contribution in [0.1, 0.15) is 40.0 Å². The second kappa shape index (κ2) is 6.11. The highest BCUT2D eigenvalue weighted by molar-refractivity contribution is 5.73. The van der Waals surface area contributed by atoms with Crippen LogP contribution in [0.4, 0.5) is 0 Å². The van der Waals surface area contributed by atoms with Crippen molar-refractivity contribution in [1.29, 1.82) is 0 Å². The zero-order chi connectivity index (χ0) is 11.3. The van der Waals surface area contributed by atoms with Crippen LogP contribution in [0, 0.1) is 5.92 Å². The lowest BCUT2D eigenvalue weighted by molar-refractivity contribution is -0.127. The lowest BCUT2D eigenvalue weighted by atomic mass is 10.0. The van der Waals surface area contributed by atoms with Crippen LogP contribution in [0.15, 0.2) is 0 Å². The Labute approximate surface area is 93.2 Å². The van der Waals surface area contributed by atoms with Gasteiger partial charge in [-0.05, 0) is 18.9 Å². The van der Waals surface area contributed by atoms with E-state index < -0.39 is 0 Å². The van der Waals surface area contributed by atoms with Crippen LogP contribution < -0.4 is 5.32 Å². The Hall–Kier alpha value is -0.570. The van der Waals surface area contributed by atoms with Crippen LogP contribution in [0.3, 0.4) is 0 Å². The summed E-state index contributed by atoms with van der Waals surface area (Å²) in [5, 5.41) is 3.57. The van der Waals surface area contributed by atoms with Crippen molar-refractivity contribution in [2.75, 3.05) is 19.6 Å². The lowest BCUT2D eigenvalue weighted by Crippen LogP contribution is -2.36. The molecule has 3 heteroatoms. The van der Waals surface area contributed by atoms with E-state index in [9.17, 15) is 4.79 Å². The maximum atomic E-state index is 11.1. The molecule has 0 aromatic heterocycles. The van der Waals surface area contributed by atoms with Gasteiger partial charge in [0.15, 0.2) is 0 Å². The van der Waals surface area contributed by atoms with Gasteiger partial charge in [0.2, 0.25) is 5.91 Å². The summed E-state index contributed by atoms with van der Waals surface area (Å²) in [6, 6.07) is 0.523. The molecule has 88 valence electrons. The minimum absolute atomic E-state index is 0.210. The third kappa shape index (κ3) is 3.82. The summed E-state index contributed by atoms with van der Waals surface area (Å²) in [5.41, 5.74) is 0. The van der Waals surface area contributed by atoms with Crippen molar-refractivity contribution in [2.45, 2.75) is 46.1 Å². The van der Waals surface area contributed by atoms with E-state index in [1.165, 1.54) is 12.8 Å². The van der Waals surface area contributed by atoms with Crippen molar-refractivity contribution in [3.8, 4) is 0 Å². The third-order valence-electron chi connectivity index (χ3n) is 3.48. The van der Waals surface area contributed by atoms with E-state index in [1.54, 1.807) is 6.92 Å². The van der Waals surface area contributed by atoms with E-state index in [2.05, 4.69) is 19.2 Å². The van der Waals surface area contributed by atoms with Crippen LogP contribution in [0.5, 0.6) is 0 Å². The third-order valence-corrected chi connectivity index (χ3v) is 3.48. The molecular weight excluding hydrogens is 188 g/mol. The fourth-order valence-corrected chi connectivity index (χ4v) is 2.12. The fraction of sp³-hybridized carbons (Fsp3) is 0.917. The molecule has 1 amide bonds. The predicted octanol–water partition coefficient (Wildman–Crippen LogP) is 1.63. The minimum atomic E-state index is 0.210. The Kier molecular flexibility index (Phi) is 5.09. The lowest BCUT2D eigenvalue weighted by Gasteiger charge is -2.18. The molecule has 1 rings (SSSR count).